The summed E-state index contributed by atoms with van der Waals surface area (Å²) in [6.07, 6.45) is -1.47. The van der Waals surface area contributed by atoms with E-state index in [2.05, 4.69) is 34.7 Å². The molecular weight excluding hydrogens is 292 g/mol. The van der Waals surface area contributed by atoms with Crippen LogP contribution in [0.15, 0.2) is 0 Å². The summed E-state index contributed by atoms with van der Waals surface area (Å²) in [7, 11) is 0. The summed E-state index contributed by atoms with van der Waals surface area (Å²) in [6.45, 7) is 0. The molecule has 0 unspecified atom stereocenters. The number of carbonyl (C=O) groups excluding carboxylic acids is 3. The van der Waals surface area contributed by atoms with Crippen molar-refractivity contribution in [2.75, 3.05) is 11.5 Å². The van der Waals surface area contributed by atoms with E-state index < -0.39 is 30.2 Å². The van der Waals surface area contributed by atoms with E-state index in [1.54, 1.807) is 0 Å². The lowest BCUT2D eigenvalue weighted by atomic mass is 10.4. The normalized spacial score (nSPS) is 12.9. The molecule has 0 bridgehead atoms. The van der Waals surface area contributed by atoms with E-state index in [0.29, 0.717) is 0 Å². The number of hydrogen-bond donors (Lipinski definition) is 4. The standard InChI is InChI=1S/C7H12N2O5S2.ClH/c8-3(1-15)5(10)13-7(12)14-6(11)4(9)2-16;/h3-4,15-16H,1-2,8-9H2;1H/t3-,4-;/m0./s1. The maximum absolute atomic E-state index is 11.0. The number of thiol groups is 2. The predicted molar refractivity (Wildman–Crippen MR) is 68.5 cm³/mol. The van der Waals surface area contributed by atoms with Crippen molar-refractivity contribution >= 4 is 55.8 Å². The Labute approximate surface area is 115 Å². The minimum Gasteiger partial charge on any atom is -0.359 e. The van der Waals surface area contributed by atoms with Gasteiger partial charge < -0.3 is 20.9 Å². The van der Waals surface area contributed by atoms with Crippen LogP contribution in [0.1, 0.15) is 0 Å². The lowest BCUT2D eigenvalue weighted by molar-refractivity contribution is -0.147. The smallest absolute Gasteiger partial charge is 0.359 e. The van der Waals surface area contributed by atoms with Crippen LogP contribution in [-0.2, 0) is 19.1 Å². The van der Waals surface area contributed by atoms with Crippen LogP contribution in [0.4, 0.5) is 4.79 Å². The quantitative estimate of drug-likeness (QED) is 0.302. The molecule has 0 aliphatic rings. The second-order valence-corrected chi connectivity index (χ2v) is 3.40. The summed E-state index contributed by atoms with van der Waals surface area (Å²) in [5.74, 6) is -2.08. The first kappa shape index (κ1) is 18.9. The van der Waals surface area contributed by atoms with Gasteiger partial charge in [-0.2, -0.15) is 25.3 Å². The molecule has 10 heteroatoms. The van der Waals surface area contributed by atoms with Crippen molar-refractivity contribution in [2.24, 2.45) is 11.5 Å². The van der Waals surface area contributed by atoms with Crippen molar-refractivity contribution in [3.05, 3.63) is 0 Å². The molecule has 0 spiro atoms. The van der Waals surface area contributed by atoms with Crippen molar-refractivity contribution < 1.29 is 23.9 Å². The van der Waals surface area contributed by atoms with Gasteiger partial charge in [-0.05, 0) is 0 Å². The highest BCUT2D eigenvalue weighted by Crippen LogP contribution is 1.95. The fraction of sp³-hybridized carbons (Fsp3) is 0.571. The second-order valence-electron chi connectivity index (χ2n) is 2.67. The molecule has 2 atom stereocenters. The summed E-state index contributed by atoms with van der Waals surface area (Å²) < 4.78 is 8.19. The highest BCUT2D eigenvalue weighted by Gasteiger charge is 2.23. The van der Waals surface area contributed by atoms with Gasteiger partial charge in [0.25, 0.3) is 0 Å². The number of esters is 2. The number of rotatable bonds is 4. The van der Waals surface area contributed by atoms with Crippen LogP contribution in [-0.4, -0.2) is 41.7 Å². The third kappa shape index (κ3) is 7.45. The van der Waals surface area contributed by atoms with Crippen LogP contribution in [0.3, 0.4) is 0 Å². The summed E-state index contributed by atoms with van der Waals surface area (Å²) in [5.41, 5.74) is 10.4. The van der Waals surface area contributed by atoms with Crippen molar-refractivity contribution in [2.45, 2.75) is 12.1 Å². The van der Waals surface area contributed by atoms with E-state index in [0.717, 1.165) is 0 Å². The molecule has 0 aliphatic heterocycles. The SMILES string of the molecule is Cl.N[C@@H](CS)C(=O)OC(=O)OC(=O)[C@@H](N)CS. The zero-order valence-corrected chi connectivity index (χ0v) is 11.2. The van der Waals surface area contributed by atoms with E-state index >= 15 is 0 Å². The van der Waals surface area contributed by atoms with Gasteiger partial charge in [-0.25, -0.2) is 14.4 Å². The molecule has 0 heterocycles. The maximum atomic E-state index is 11.0. The molecule has 0 aromatic heterocycles. The van der Waals surface area contributed by atoms with E-state index in [4.69, 9.17) is 11.5 Å². The third-order valence-electron chi connectivity index (χ3n) is 1.37. The Morgan fingerprint density at radius 1 is 0.941 bits per heavy atom. The number of halogens is 1. The second kappa shape index (κ2) is 9.54. The van der Waals surface area contributed by atoms with Gasteiger partial charge in [0.05, 0.1) is 0 Å². The van der Waals surface area contributed by atoms with Crippen molar-refractivity contribution in [3.8, 4) is 0 Å². The Balaban J connectivity index is 0. The molecule has 0 rings (SSSR count). The highest BCUT2D eigenvalue weighted by atomic mass is 35.5. The third-order valence-corrected chi connectivity index (χ3v) is 2.15. The Bertz CT molecular complexity index is 265. The van der Waals surface area contributed by atoms with Gasteiger partial charge in [-0.3, -0.25) is 0 Å². The maximum Gasteiger partial charge on any atom is 0.524 e. The van der Waals surface area contributed by atoms with Crippen molar-refractivity contribution in [1.82, 2.24) is 0 Å². The lowest BCUT2D eigenvalue weighted by Crippen LogP contribution is -2.38. The van der Waals surface area contributed by atoms with Crippen LogP contribution in [0, 0.1) is 0 Å². The molecule has 0 aliphatic carbocycles. The Hall–Kier alpha value is -0.480. The number of hydrogen-bond acceptors (Lipinski definition) is 9. The van der Waals surface area contributed by atoms with Gasteiger partial charge in [0.15, 0.2) is 0 Å². The average molecular weight is 305 g/mol. The van der Waals surface area contributed by atoms with Gasteiger partial charge >= 0.3 is 18.1 Å². The zero-order valence-electron chi connectivity index (χ0n) is 8.57. The summed E-state index contributed by atoms with van der Waals surface area (Å²) >= 11 is 7.44. The molecule has 100 valence electrons. The topological polar surface area (TPSA) is 122 Å². The molecule has 0 radical (unpaired) electrons. The Morgan fingerprint density at radius 3 is 1.47 bits per heavy atom. The fourth-order valence-corrected chi connectivity index (χ4v) is 0.784. The number of ether oxygens (including phenoxy) is 2. The van der Waals surface area contributed by atoms with Gasteiger partial charge in [-0.1, -0.05) is 0 Å². The molecular formula is C7H13ClN2O5S2. The number of carbonyl (C=O) groups is 3. The van der Waals surface area contributed by atoms with Crippen LogP contribution < -0.4 is 11.5 Å². The lowest BCUT2D eigenvalue weighted by Gasteiger charge is -2.08. The molecule has 0 amide bonds. The minimum atomic E-state index is -1.47. The van der Waals surface area contributed by atoms with Crippen molar-refractivity contribution in [3.63, 3.8) is 0 Å². The van der Waals surface area contributed by atoms with Crippen LogP contribution in [0.5, 0.6) is 0 Å². The van der Waals surface area contributed by atoms with E-state index in [1.807, 2.05) is 0 Å². The van der Waals surface area contributed by atoms with Crippen LogP contribution >= 0.6 is 37.7 Å². The van der Waals surface area contributed by atoms with E-state index in [1.165, 1.54) is 0 Å². The van der Waals surface area contributed by atoms with Crippen molar-refractivity contribution in [1.29, 1.82) is 0 Å². The van der Waals surface area contributed by atoms with E-state index in [9.17, 15) is 14.4 Å². The largest absolute Gasteiger partial charge is 0.524 e. The van der Waals surface area contributed by atoms with Gasteiger partial charge in [0, 0.05) is 11.5 Å². The minimum absolute atomic E-state index is 0. The van der Waals surface area contributed by atoms with Gasteiger partial charge in [0.1, 0.15) is 12.1 Å². The van der Waals surface area contributed by atoms with Gasteiger partial charge in [-0.15, -0.1) is 12.4 Å². The first-order chi connectivity index (χ1) is 7.42. The summed E-state index contributed by atoms with van der Waals surface area (Å²) in [5, 5.41) is 0. The summed E-state index contributed by atoms with van der Waals surface area (Å²) in [6, 6.07) is -2.13. The molecule has 0 saturated heterocycles. The molecule has 0 aromatic carbocycles. The number of nitrogens with two attached hydrogens (primary N) is 2. The van der Waals surface area contributed by atoms with Crippen LogP contribution in [0.25, 0.3) is 0 Å². The monoisotopic (exact) mass is 304 g/mol. The first-order valence-electron chi connectivity index (χ1n) is 4.12. The molecule has 0 aromatic rings. The predicted octanol–water partition coefficient (Wildman–Crippen LogP) is -0.871. The first-order valence-corrected chi connectivity index (χ1v) is 5.39. The summed E-state index contributed by atoms with van der Waals surface area (Å²) in [4.78, 5) is 32.8. The molecule has 7 nitrogen and oxygen atoms in total. The van der Waals surface area contributed by atoms with E-state index in [-0.39, 0.29) is 23.9 Å². The van der Waals surface area contributed by atoms with Crippen LogP contribution in [0.2, 0.25) is 0 Å². The molecule has 4 N–H and O–H groups in total. The fourth-order valence-electron chi connectivity index (χ4n) is 0.486. The Kier molecular flexibility index (Phi) is 10.6. The highest BCUT2D eigenvalue weighted by molar-refractivity contribution is 7.80. The Morgan fingerprint density at radius 2 is 1.24 bits per heavy atom. The molecule has 0 saturated carbocycles. The molecule has 17 heavy (non-hydrogen) atoms. The average Bonchev–Trinajstić information content (AvgIpc) is 2.26. The molecule has 0 fully saturated rings. The zero-order chi connectivity index (χ0) is 12.7. The van der Waals surface area contributed by atoms with Gasteiger partial charge in [0.2, 0.25) is 0 Å².